The predicted molar refractivity (Wildman–Crippen MR) is 130 cm³/mol. The number of carbonyl (C=O) groups excluding carboxylic acids is 2. The molecule has 1 aliphatic heterocycles. The standard InChI is InChI=1S/C27H29N3O4/c1-20-7-2-5-11-24(20)26(31)29-25(17-23-10-6-14-34-23)27(32)28-18-21-8-3-4-9-22(21)19-30-12-15-33-16-13-30/h2-11,14,17H,12-13,15-16,18-19H2,1H3,(H,28,32)(H,29,31)/b25-17-. The van der Waals surface area contributed by atoms with E-state index in [1.54, 1.807) is 24.3 Å². The van der Waals surface area contributed by atoms with E-state index in [1.807, 2.05) is 37.3 Å². The molecule has 3 aromatic rings. The fourth-order valence-electron chi connectivity index (χ4n) is 3.85. The van der Waals surface area contributed by atoms with Gasteiger partial charge in [-0.3, -0.25) is 14.5 Å². The summed E-state index contributed by atoms with van der Waals surface area (Å²) in [4.78, 5) is 28.4. The van der Waals surface area contributed by atoms with Gasteiger partial charge in [-0.2, -0.15) is 0 Å². The summed E-state index contributed by atoms with van der Waals surface area (Å²) in [5.74, 6) is -0.263. The first kappa shape index (κ1) is 23.5. The lowest BCUT2D eigenvalue weighted by Gasteiger charge is -2.27. The summed E-state index contributed by atoms with van der Waals surface area (Å²) in [6, 6.07) is 18.8. The van der Waals surface area contributed by atoms with E-state index in [0.717, 1.165) is 49.5 Å². The SMILES string of the molecule is Cc1ccccc1C(=O)N/C(=C\c1ccco1)C(=O)NCc1ccccc1CN1CCOCC1. The normalized spacial score (nSPS) is 14.6. The number of nitrogens with zero attached hydrogens (tertiary/aromatic N) is 1. The van der Waals surface area contributed by atoms with Crippen molar-refractivity contribution in [1.29, 1.82) is 0 Å². The first-order valence-electron chi connectivity index (χ1n) is 11.4. The topological polar surface area (TPSA) is 83.8 Å². The highest BCUT2D eigenvalue weighted by Gasteiger charge is 2.18. The molecular formula is C27H29N3O4. The molecule has 176 valence electrons. The molecule has 2 amide bonds. The van der Waals surface area contributed by atoms with Crippen LogP contribution in [-0.2, 0) is 22.6 Å². The summed E-state index contributed by atoms with van der Waals surface area (Å²) in [5, 5.41) is 5.71. The molecule has 1 saturated heterocycles. The number of carbonyl (C=O) groups is 2. The van der Waals surface area contributed by atoms with Crippen molar-refractivity contribution in [3.63, 3.8) is 0 Å². The maximum atomic E-state index is 13.1. The third-order valence-electron chi connectivity index (χ3n) is 5.77. The molecule has 1 aliphatic rings. The van der Waals surface area contributed by atoms with E-state index in [-0.39, 0.29) is 17.5 Å². The Balaban J connectivity index is 1.47. The molecule has 1 aromatic heterocycles. The van der Waals surface area contributed by atoms with Crippen LogP contribution < -0.4 is 10.6 Å². The van der Waals surface area contributed by atoms with Crippen LogP contribution in [0.25, 0.3) is 6.08 Å². The van der Waals surface area contributed by atoms with Crippen LogP contribution in [-0.4, -0.2) is 43.0 Å². The Morgan fingerprint density at radius 3 is 2.44 bits per heavy atom. The molecule has 0 radical (unpaired) electrons. The maximum Gasteiger partial charge on any atom is 0.268 e. The molecule has 0 atom stereocenters. The van der Waals surface area contributed by atoms with Crippen LogP contribution in [0.15, 0.2) is 77.0 Å². The Morgan fingerprint density at radius 1 is 0.971 bits per heavy atom. The van der Waals surface area contributed by atoms with Gasteiger partial charge >= 0.3 is 0 Å². The van der Waals surface area contributed by atoms with Gasteiger partial charge in [0.15, 0.2) is 0 Å². The van der Waals surface area contributed by atoms with Gasteiger partial charge < -0.3 is 19.8 Å². The Labute approximate surface area is 199 Å². The zero-order valence-electron chi connectivity index (χ0n) is 19.3. The highest BCUT2D eigenvalue weighted by Crippen LogP contribution is 2.14. The van der Waals surface area contributed by atoms with E-state index in [2.05, 4.69) is 21.6 Å². The molecule has 2 N–H and O–H groups in total. The molecule has 2 aromatic carbocycles. The van der Waals surface area contributed by atoms with E-state index in [4.69, 9.17) is 9.15 Å². The van der Waals surface area contributed by atoms with Crippen molar-refractivity contribution in [1.82, 2.24) is 15.5 Å². The van der Waals surface area contributed by atoms with Gasteiger partial charge in [0.25, 0.3) is 11.8 Å². The minimum atomic E-state index is -0.389. The van der Waals surface area contributed by atoms with Crippen LogP contribution in [0.3, 0.4) is 0 Å². The van der Waals surface area contributed by atoms with Crippen LogP contribution in [0.1, 0.15) is 32.8 Å². The van der Waals surface area contributed by atoms with Crippen LogP contribution >= 0.6 is 0 Å². The third kappa shape index (κ3) is 6.21. The summed E-state index contributed by atoms with van der Waals surface area (Å²) in [7, 11) is 0. The number of aryl methyl sites for hydroxylation is 1. The molecule has 0 spiro atoms. The lowest BCUT2D eigenvalue weighted by Crippen LogP contribution is -2.36. The summed E-state index contributed by atoms with van der Waals surface area (Å²) in [5.41, 5.74) is 3.65. The molecule has 7 nitrogen and oxygen atoms in total. The number of morpholine rings is 1. The number of rotatable bonds is 8. The zero-order valence-corrected chi connectivity index (χ0v) is 19.3. The summed E-state index contributed by atoms with van der Waals surface area (Å²) in [6.07, 6.45) is 3.05. The first-order valence-corrected chi connectivity index (χ1v) is 11.4. The summed E-state index contributed by atoms with van der Waals surface area (Å²) >= 11 is 0. The van der Waals surface area contributed by atoms with Crippen molar-refractivity contribution >= 4 is 17.9 Å². The molecule has 0 aliphatic carbocycles. The van der Waals surface area contributed by atoms with Gasteiger partial charge in [-0.05, 0) is 41.8 Å². The Morgan fingerprint density at radius 2 is 1.71 bits per heavy atom. The molecule has 4 rings (SSSR count). The highest BCUT2D eigenvalue weighted by molar-refractivity contribution is 6.05. The van der Waals surface area contributed by atoms with Crippen LogP contribution in [0.5, 0.6) is 0 Å². The summed E-state index contributed by atoms with van der Waals surface area (Å²) < 4.78 is 10.8. The van der Waals surface area contributed by atoms with Crippen LogP contribution in [0.2, 0.25) is 0 Å². The van der Waals surface area contributed by atoms with Gasteiger partial charge in [0.1, 0.15) is 11.5 Å². The second-order valence-electron chi connectivity index (χ2n) is 8.18. The van der Waals surface area contributed by atoms with E-state index in [9.17, 15) is 9.59 Å². The van der Waals surface area contributed by atoms with E-state index in [0.29, 0.717) is 17.9 Å². The Hall–Kier alpha value is -3.68. The molecule has 0 unspecified atom stereocenters. The number of amides is 2. The van der Waals surface area contributed by atoms with Crippen LogP contribution in [0, 0.1) is 6.92 Å². The summed E-state index contributed by atoms with van der Waals surface area (Å²) in [6.45, 7) is 6.25. The fourth-order valence-corrected chi connectivity index (χ4v) is 3.85. The number of hydrogen-bond acceptors (Lipinski definition) is 5. The number of furan rings is 1. The Kier molecular flexibility index (Phi) is 7.91. The van der Waals surface area contributed by atoms with E-state index in [1.165, 1.54) is 12.3 Å². The van der Waals surface area contributed by atoms with E-state index < -0.39 is 0 Å². The lowest BCUT2D eigenvalue weighted by atomic mass is 10.1. The van der Waals surface area contributed by atoms with Crippen molar-refractivity contribution in [2.45, 2.75) is 20.0 Å². The third-order valence-corrected chi connectivity index (χ3v) is 5.77. The second-order valence-corrected chi connectivity index (χ2v) is 8.18. The van der Waals surface area contributed by atoms with E-state index >= 15 is 0 Å². The number of benzene rings is 2. The van der Waals surface area contributed by atoms with Crippen molar-refractivity contribution in [3.8, 4) is 0 Å². The molecule has 34 heavy (non-hydrogen) atoms. The van der Waals surface area contributed by atoms with Crippen molar-refractivity contribution in [3.05, 3.63) is 101 Å². The first-order chi connectivity index (χ1) is 16.6. The maximum absolute atomic E-state index is 13.1. The minimum Gasteiger partial charge on any atom is -0.465 e. The molecule has 0 bridgehead atoms. The molecule has 7 heteroatoms. The van der Waals surface area contributed by atoms with Crippen LogP contribution in [0.4, 0.5) is 0 Å². The monoisotopic (exact) mass is 459 g/mol. The average Bonchev–Trinajstić information content (AvgIpc) is 3.37. The molecule has 1 fully saturated rings. The number of nitrogens with one attached hydrogen (secondary N) is 2. The van der Waals surface area contributed by atoms with Gasteiger partial charge in [-0.15, -0.1) is 0 Å². The molecule has 2 heterocycles. The largest absolute Gasteiger partial charge is 0.465 e. The second kappa shape index (κ2) is 11.4. The predicted octanol–water partition coefficient (Wildman–Crippen LogP) is 3.51. The van der Waals surface area contributed by atoms with Gasteiger partial charge in [0.05, 0.1) is 19.5 Å². The number of hydrogen-bond donors (Lipinski definition) is 2. The van der Waals surface area contributed by atoms with Gasteiger partial charge in [-0.1, -0.05) is 42.5 Å². The van der Waals surface area contributed by atoms with Gasteiger partial charge in [0, 0.05) is 37.8 Å². The van der Waals surface area contributed by atoms with Crippen molar-refractivity contribution < 1.29 is 18.7 Å². The lowest BCUT2D eigenvalue weighted by molar-refractivity contribution is -0.117. The molecular weight excluding hydrogens is 430 g/mol. The quantitative estimate of drug-likeness (QED) is 0.504. The Bertz CT molecular complexity index is 1150. The van der Waals surface area contributed by atoms with Crippen molar-refractivity contribution in [2.24, 2.45) is 0 Å². The highest BCUT2D eigenvalue weighted by atomic mass is 16.5. The van der Waals surface area contributed by atoms with Gasteiger partial charge in [-0.25, -0.2) is 0 Å². The molecule has 0 saturated carbocycles. The van der Waals surface area contributed by atoms with Gasteiger partial charge in [0.2, 0.25) is 0 Å². The van der Waals surface area contributed by atoms with Crippen molar-refractivity contribution in [2.75, 3.05) is 26.3 Å². The zero-order chi connectivity index (χ0) is 23.8. The number of ether oxygens (including phenoxy) is 1. The fraction of sp³-hybridized carbons (Fsp3) is 0.259. The average molecular weight is 460 g/mol. The minimum absolute atomic E-state index is 0.119. The smallest absolute Gasteiger partial charge is 0.268 e.